The Labute approximate surface area is 405 Å². The van der Waals surface area contributed by atoms with E-state index in [9.17, 15) is 19.0 Å². The number of carbonyl (C=O) groups is 2. The highest BCUT2D eigenvalue weighted by molar-refractivity contribution is 7.47. The van der Waals surface area contributed by atoms with E-state index in [2.05, 4.69) is 98.9 Å². The predicted molar refractivity (Wildman–Crippen MR) is 279 cm³/mol. The fraction of sp³-hybridized carbons (Fsp3) is 0.714. The van der Waals surface area contributed by atoms with Crippen LogP contribution in [0.3, 0.4) is 0 Å². The average Bonchev–Trinajstić information content (AvgIpc) is 3.27. The molecule has 0 aromatic carbocycles. The van der Waals surface area contributed by atoms with E-state index in [1.54, 1.807) is 0 Å². The summed E-state index contributed by atoms with van der Waals surface area (Å²) >= 11 is 0. The van der Waals surface area contributed by atoms with Crippen LogP contribution in [0.25, 0.3) is 0 Å². The molecule has 1 N–H and O–H groups in total. The molecule has 0 aromatic rings. The van der Waals surface area contributed by atoms with Crippen molar-refractivity contribution in [3.05, 3.63) is 85.1 Å². The Hall–Kier alpha value is -2.81. The summed E-state index contributed by atoms with van der Waals surface area (Å²) < 4.78 is 34.4. The van der Waals surface area contributed by atoms with Crippen molar-refractivity contribution < 1.29 is 42.1 Å². The van der Waals surface area contributed by atoms with Crippen molar-refractivity contribution in [2.75, 3.05) is 47.5 Å². The summed E-state index contributed by atoms with van der Waals surface area (Å²) in [6, 6.07) is 0. The average molecular weight is 945 g/mol. The summed E-state index contributed by atoms with van der Waals surface area (Å²) in [4.78, 5) is 35.5. The second-order valence-electron chi connectivity index (χ2n) is 18.5. The van der Waals surface area contributed by atoms with Crippen LogP contribution in [0.4, 0.5) is 0 Å². The van der Waals surface area contributed by atoms with Gasteiger partial charge in [0.2, 0.25) is 0 Å². The van der Waals surface area contributed by atoms with E-state index in [1.807, 2.05) is 21.1 Å². The molecule has 380 valence electrons. The van der Waals surface area contributed by atoms with Crippen molar-refractivity contribution in [2.24, 2.45) is 0 Å². The lowest BCUT2D eigenvalue weighted by atomic mass is 10.0. The third kappa shape index (κ3) is 50.6. The van der Waals surface area contributed by atoms with E-state index in [0.29, 0.717) is 17.4 Å². The minimum absolute atomic E-state index is 0.0258. The molecule has 0 aliphatic rings. The Morgan fingerprint density at radius 1 is 0.485 bits per heavy atom. The molecule has 0 radical (unpaired) electrons. The monoisotopic (exact) mass is 945 g/mol. The molecule has 9 nitrogen and oxygen atoms in total. The highest BCUT2D eigenvalue weighted by Crippen LogP contribution is 2.43. The van der Waals surface area contributed by atoms with Crippen LogP contribution in [-0.4, -0.2) is 74.9 Å². The molecule has 0 aliphatic heterocycles. The second-order valence-corrected chi connectivity index (χ2v) is 20.0. The number of esters is 2. The largest absolute Gasteiger partial charge is 0.472 e. The number of hydrogen-bond acceptors (Lipinski definition) is 7. The lowest BCUT2D eigenvalue weighted by Crippen LogP contribution is -2.37. The maximum atomic E-state index is 12.8. The van der Waals surface area contributed by atoms with Crippen LogP contribution in [-0.2, 0) is 32.7 Å². The van der Waals surface area contributed by atoms with Gasteiger partial charge in [-0.1, -0.05) is 195 Å². The number of unbranched alkanes of at least 4 members (excludes halogenated alkanes) is 19. The van der Waals surface area contributed by atoms with Gasteiger partial charge in [0.15, 0.2) is 6.10 Å². The van der Waals surface area contributed by atoms with Crippen molar-refractivity contribution in [3.8, 4) is 0 Å². The van der Waals surface area contributed by atoms with Gasteiger partial charge in [-0.25, -0.2) is 4.57 Å². The van der Waals surface area contributed by atoms with Gasteiger partial charge in [0, 0.05) is 12.8 Å². The van der Waals surface area contributed by atoms with Gasteiger partial charge in [0.05, 0.1) is 27.7 Å². The first-order valence-electron chi connectivity index (χ1n) is 26.3. The molecule has 2 unspecified atom stereocenters. The molecule has 0 rings (SSSR count). The molecule has 0 bridgehead atoms. The van der Waals surface area contributed by atoms with Crippen molar-refractivity contribution >= 4 is 19.8 Å². The van der Waals surface area contributed by atoms with Gasteiger partial charge < -0.3 is 18.9 Å². The SMILES string of the molecule is CC/C=C\C/C=C\C/C=C\C/C=C\C/C=C\CCCCCCCCCCCCCCCC(=O)OC(COC(=O)CCCCCCC/C=C\C/C=C\CCC)COP(=O)(O)OCC[N+](C)(C)C. The van der Waals surface area contributed by atoms with Gasteiger partial charge in [-0.3, -0.25) is 18.6 Å². The van der Waals surface area contributed by atoms with Crippen LogP contribution >= 0.6 is 7.82 Å². The highest BCUT2D eigenvalue weighted by atomic mass is 31.2. The van der Waals surface area contributed by atoms with Crippen LogP contribution in [0, 0.1) is 0 Å². The number of ether oxygens (including phenoxy) is 2. The number of allylic oxidation sites excluding steroid dienone is 14. The predicted octanol–water partition coefficient (Wildman–Crippen LogP) is 15.9. The zero-order chi connectivity index (χ0) is 48.5. The van der Waals surface area contributed by atoms with Gasteiger partial charge in [0.1, 0.15) is 19.8 Å². The number of likely N-dealkylation sites (N-methyl/N-ethyl adjacent to an activating group) is 1. The normalized spacial score (nSPS) is 14.1. The highest BCUT2D eigenvalue weighted by Gasteiger charge is 2.27. The summed E-state index contributed by atoms with van der Waals surface area (Å²) in [5.74, 6) is -0.819. The molecule has 0 spiro atoms. The van der Waals surface area contributed by atoms with Gasteiger partial charge >= 0.3 is 19.8 Å². The minimum Gasteiger partial charge on any atom is -0.462 e. The van der Waals surface area contributed by atoms with E-state index in [4.69, 9.17) is 18.5 Å². The van der Waals surface area contributed by atoms with E-state index >= 15 is 0 Å². The smallest absolute Gasteiger partial charge is 0.462 e. The van der Waals surface area contributed by atoms with Crippen LogP contribution in [0.2, 0.25) is 0 Å². The number of phosphoric ester groups is 1. The van der Waals surface area contributed by atoms with Crippen LogP contribution < -0.4 is 0 Å². The fourth-order valence-electron chi connectivity index (χ4n) is 6.84. The quantitative estimate of drug-likeness (QED) is 0.0211. The third-order valence-corrected chi connectivity index (χ3v) is 11.9. The summed E-state index contributed by atoms with van der Waals surface area (Å²) in [5.41, 5.74) is 0. The van der Waals surface area contributed by atoms with Gasteiger partial charge in [0.25, 0.3) is 0 Å². The van der Waals surface area contributed by atoms with E-state index < -0.39 is 26.5 Å². The number of hydrogen-bond donors (Lipinski definition) is 1. The maximum Gasteiger partial charge on any atom is 0.472 e. The molecule has 0 saturated heterocycles. The van der Waals surface area contributed by atoms with Gasteiger partial charge in [-0.15, -0.1) is 0 Å². The van der Waals surface area contributed by atoms with Crippen LogP contribution in [0.1, 0.15) is 206 Å². The Bertz CT molecular complexity index is 1390. The lowest BCUT2D eigenvalue weighted by molar-refractivity contribution is -0.870. The summed E-state index contributed by atoms with van der Waals surface area (Å²) in [7, 11) is 1.46. The second kappa shape index (κ2) is 47.3. The molecule has 0 amide bonds. The summed E-state index contributed by atoms with van der Waals surface area (Å²) in [5, 5.41) is 0. The maximum absolute atomic E-state index is 12.8. The molecule has 0 aliphatic carbocycles. The zero-order valence-electron chi connectivity index (χ0n) is 42.9. The van der Waals surface area contributed by atoms with Gasteiger partial charge in [-0.05, 0) is 83.5 Å². The lowest BCUT2D eigenvalue weighted by Gasteiger charge is -2.24. The van der Waals surface area contributed by atoms with Gasteiger partial charge in [-0.2, -0.15) is 0 Å². The molecule has 0 fully saturated rings. The first kappa shape index (κ1) is 63.2. The number of carbonyl (C=O) groups excluding carboxylic acids is 2. The first-order chi connectivity index (χ1) is 32.0. The summed E-state index contributed by atoms with van der Waals surface area (Å²) in [6.45, 7) is 4.23. The van der Waals surface area contributed by atoms with E-state index in [1.165, 1.54) is 70.6 Å². The molecule has 10 heteroatoms. The van der Waals surface area contributed by atoms with Crippen molar-refractivity contribution in [2.45, 2.75) is 213 Å². The molecule has 0 saturated carbocycles. The van der Waals surface area contributed by atoms with Crippen molar-refractivity contribution in [1.82, 2.24) is 0 Å². The topological polar surface area (TPSA) is 108 Å². The van der Waals surface area contributed by atoms with Crippen LogP contribution in [0.5, 0.6) is 0 Å². The van der Waals surface area contributed by atoms with Crippen LogP contribution in [0.15, 0.2) is 85.1 Å². The number of phosphoric acid groups is 1. The van der Waals surface area contributed by atoms with Crippen molar-refractivity contribution in [1.29, 1.82) is 0 Å². The Kier molecular flexibility index (Phi) is 45.3. The molecule has 0 aromatic heterocycles. The Morgan fingerprint density at radius 2 is 0.864 bits per heavy atom. The first-order valence-corrected chi connectivity index (χ1v) is 27.8. The zero-order valence-corrected chi connectivity index (χ0v) is 43.8. The molecule has 66 heavy (non-hydrogen) atoms. The molecule has 0 heterocycles. The molecular formula is C56H99NO8P+. The minimum atomic E-state index is -4.39. The number of quaternary nitrogens is 1. The Balaban J connectivity index is 4.15. The third-order valence-electron chi connectivity index (χ3n) is 10.9. The summed E-state index contributed by atoms with van der Waals surface area (Å²) in [6.07, 6.45) is 62.2. The fourth-order valence-corrected chi connectivity index (χ4v) is 7.59. The number of rotatable bonds is 47. The van der Waals surface area contributed by atoms with E-state index in [0.717, 1.165) is 103 Å². The number of nitrogens with zero attached hydrogens (tertiary/aromatic N) is 1. The Morgan fingerprint density at radius 3 is 1.29 bits per heavy atom. The molecular weight excluding hydrogens is 846 g/mol. The van der Waals surface area contributed by atoms with E-state index in [-0.39, 0.29) is 32.0 Å². The molecule has 2 atom stereocenters. The van der Waals surface area contributed by atoms with Crippen molar-refractivity contribution in [3.63, 3.8) is 0 Å². The standard InChI is InChI=1S/C56H98NO8P/c1-6-8-10-12-14-16-18-20-21-22-23-24-25-26-27-28-29-30-31-32-33-34-35-37-39-41-43-45-47-49-56(59)65-54(53-64-66(60,61)63-51-50-57(3,4)5)52-62-55(58)48-46-44-42-40-38-36-19-17-15-13-11-9-7-2/h8,10-11,13-14,16-17,19-21,23-24,26-27,54H,6-7,9,12,15,18,22,25,28-53H2,1-5H3/p+1/b10-8-,13-11-,16-14-,19-17-,21-20-,24-23-,27-26-.